The molecule has 0 saturated carbocycles. The van der Waals surface area contributed by atoms with Gasteiger partial charge in [0.2, 0.25) is 0 Å². The van der Waals surface area contributed by atoms with Crippen LogP contribution >= 0.6 is 27.5 Å². The molecule has 4 nitrogen and oxygen atoms in total. The van der Waals surface area contributed by atoms with Crippen LogP contribution in [0.15, 0.2) is 34.9 Å². The molecular weight excluding hydrogens is 340 g/mol. The van der Waals surface area contributed by atoms with Gasteiger partial charge in [-0.3, -0.25) is 16.0 Å². The summed E-state index contributed by atoms with van der Waals surface area (Å²) in [4.78, 5) is 0. The number of aryl methyl sites for hydroxylation is 1. The summed E-state index contributed by atoms with van der Waals surface area (Å²) in [5.41, 5.74) is 5.13. The van der Waals surface area contributed by atoms with E-state index in [1.54, 1.807) is 0 Å². The highest BCUT2D eigenvalue weighted by atomic mass is 79.9. The maximum absolute atomic E-state index is 5.91. The molecule has 0 aliphatic heterocycles. The molecular formula is C14H18BrClN4. The van der Waals surface area contributed by atoms with E-state index in [0.29, 0.717) is 0 Å². The normalized spacial score (nSPS) is 12.6. The minimum atomic E-state index is -0.000370. The number of hydrogen-bond acceptors (Lipinski definition) is 3. The second kappa shape index (κ2) is 7.22. The molecule has 0 aliphatic carbocycles. The van der Waals surface area contributed by atoms with Gasteiger partial charge in [-0.1, -0.05) is 30.7 Å². The Morgan fingerprint density at radius 1 is 1.40 bits per heavy atom. The third kappa shape index (κ3) is 3.61. The largest absolute Gasteiger partial charge is 0.271 e. The highest BCUT2D eigenvalue weighted by Crippen LogP contribution is 2.26. The number of nitrogens with two attached hydrogens (primary N) is 1. The number of aromatic nitrogens is 2. The Hall–Kier alpha value is -0.880. The van der Waals surface area contributed by atoms with Crippen LogP contribution in [0, 0.1) is 0 Å². The molecule has 1 heterocycles. The van der Waals surface area contributed by atoms with Crippen LogP contribution in [0.1, 0.15) is 30.6 Å². The number of halogens is 2. The van der Waals surface area contributed by atoms with E-state index in [-0.39, 0.29) is 6.04 Å². The maximum atomic E-state index is 5.91. The lowest BCUT2D eigenvalue weighted by molar-refractivity contribution is 0.476. The molecule has 1 unspecified atom stereocenters. The molecule has 1 aromatic heterocycles. The zero-order chi connectivity index (χ0) is 14.5. The molecule has 2 rings (SSSR count). The second-order valence-electron chi connectivity index (χ2n) is 4.65. The lowest BCUT2D eigenvalue weighted by Crippen LogP contribution is -2.31. The summed E-state index contributed by atoms with van der Waals surface area (Å²) in [7, 11) is 0. The Morgan fingerprint density at radius 2 is 2.10 bits per heavy atom. The van der Waals surface area contributed by atoms with E-state index in [1.165, 1.54) is 5.56 Å². The van der Waals surface area contributed by atoms with Gasteiger partial charge in [0.25, 0.3) is 0 Å². The zero-order valence-electron chi connectivity index (χ0n) is 11.3. The number of hydrogen-bond donors (Lipinski definition) is 2. The Labute approximate surface area is 132 Å². The van der Waals surface area contributed by atoms with Gasteiger partial charge < -0.3 is 0 Å². The number of benzene rings is 1. The fraction of sp³-hybridized carbons (Fsp3) is 0.357. The summed E-state index contributed by atoms with van der Waals surface area (Å²) in [6.07, 6.45) is 3.62. The van der Waals surface area contributed by atoms with Crippen LogP contribution in [0.5, 0.6) is 0 Å². The van der Waals surface area contributed by atoms with Crippen molar-refractivity contribution in [1.82, 2.24) is 15.2 Å². The first-order valence-electron chi connectivity index (χ1n) is 6.57. The van der Waals surface area contributed by atoms with E-state index >= 15 is 0 Å². The second-order valence-corrected chi connectivity index (χ2v) is 5.94. The SMILES string of the molecule is CCCn1ncc(Br)c1C(Cc1ccc(Cl)cc1)NN. The van der Waals surface area contributed by atoms with Gasteiger partial charge >= 0.3 is 0 Å². The van der Waals surface area contributed by atoms with Crippen LogP contribution in [-0.2, 0) is 13.0 Å². The molecule has 0 aliphatic rings. The van der Waals surface area contributed by atoms with Gasteiger partial charge in [0.15, 0.2) is 0 Å². The molecule has 108 valence electrons. The van der Waals surface area contributed by atoms with Gasteiger partial charge in [-0.15, -0.1) is 0 Å². The molecule has 1 aromatic carbocycles. The van der Waals surface area contributed by atoms with E-state index in [2.05, 4.69) is 33.4 Å². The van der Waals surface area contributed by atoms with Crippen LogP contribution in [0.4, 0.5) is 0 Å². The van der Waals surface area contributed by atoms with Gasteiger partial charge in [-0.25, -0.2) is 0 Å². The Kier molecular flexibility index (Phi) is 5.60. The van der Waals surface area contributed by atoms with Crippen molar-refractivity contribution in [3.8, 4) is 0 Å². The van der Waals surface area contributed by atoms with Crippen molar-refractivity contribution in [2.75, 3.05) is 0 Å². The summed E-state index contributed by atoms with van der Waals surface area (Å²) in [6, 6.07) is 7.81. The first-order valence-corrected chi connectivity index (χ1v) is 7.74. The smallest absolute Gasteiger partial charge is 0.0712 e. The molecule has 0 saturated heterocycles. The van der Waals surface area contributed by atoms with Crippen molar-refractivity contribution in [1.29, 1.82) is 0 Å². The molecule has 2 aromatic rings. The average molecular weight is 358 g/mol. The van der Waals surface area contributed by atoms with E-state index in [1.807, 2.05) is 35.1 Å². The van der Waals surface area contributed by atoms with Crippen LogP contribution in [0.2, 0.25) is 5.02 Å². The Balaban J connectivity index is 2.23. The van der Waals surface area contributed by atoms with E-state index in [9.17, 15) is 0 Å². The van der Waals surface area contributed by atoms with Crippen molar-refractivity contribution >= 4 is 27.5 Å². The Bertz CT molecular complexity index is 553. The summed E-state index contributed by atoms with van der Waals surface area (Å²) >= 11 is 9.46. The first kappa shape index (κ1) is 15.5. The van der Waals surface area contributed by atoms with Gasteiger partial charge in [0, 0.05) is 11.6 Å². The molecule has 20 heavy (non-hydrogen) atoms. The van der Waals surface area contributed by atoms with Gasteiger partial charge in [0.1, 0.15) is 0 Å². The summed E-state index contributed by atoms with van der Waals surface area (Å²) in [6.45, 7) is 3.00. The summed E-state index contributed by atoms with van der Waals surface area (Å²) in [5, 5.41) is 5.12. The van der Waals surface area contributed by atoms with Crippen molar-refractivity contribution in [3.63, 3.8) is 0 Å². The lowest BCUT2D eigenvalue weighted by atomic mass is 10.0. The number of nitrogens with zero attached hydrogens (tertiary/aromatic N) is 2. The van der Waals surface area contributed by atoms with Crippen LogP contribution in [0.3, 0.4) is 0 Å². The van der Waals surface area contributed by atoms with Crippen LogP contribution in [-0.4, -0.2) is 9.78 Å². The minimum absolute atomic E-state index is 0.000370. The third-order valence-electron chi connectivity index (χ3n) is 3.15. The molecule has 0 amide bonds. The predicted octanol–water partition coefficient (Wildman–Crippen LogP) is 3.46. The molecule has 6 heteroatoms. The third-order valence-corrected chi connectivity index (χ3v) is 4.02. The predicted molar refractivity (Wildman–Crippen MR) is 85.4 cm³/mol. The lowest BCUT2D eigenvalue weighted by Gasteiger charge is -2.18. The van der Waals surface area contributed by atoms with E-state index < -0.39 is 0 Å². The van der Waals surface area contributed by atoms with Crippen molar-refractivity contribution in [3.05, 3.63) is 51.2 Å². The number of nitrogens with one attached hydrogen (secondary N) is 1. The quantitative estimate of drug-likeness (QED) is 0.615. The standard InChI is InChI=1S/C14H18BrClN4/c1-2-7-20-14(12(15)9-18-20)13(19-17)8-10-3-5-11(16)6-4-10/h3-6,9,13,19H,2,7-8,17H2,1H3. The van der Waals surface area contributed by atoms with Gasteiger partial charge in [0.05, 0.1) is 22.4 Å². The number of rotatable bonds is 6. The van der Waals surface area contributed by atoms with E-state index in [0.717, 1.165) is 34.6 Å². The van der Waals surface area contributed by atoms with Crippen LogP contribution < -0.4 is 11.3 Å². The van der Waals surface area contributed by atoms with Gasteiger partial charge in [-0.2, -0.15) is 5.10 Å². The summed E-state index contributed by atoms with van der Waals surface area (Å²) < 4.78 is 2.97. The van der Waals surface area contributed by atoms with Crippen molar-refractivity contribution in [2.24, 2.45) is 5.84 Å². The molecule has 0 bridgehead atoms. The molecule has 3 N–H and O–H groups in total. The fourth-order valence-electron chi connectivity index (χ4n) is 2.20. The minimum Gasteiger partial charge on any atom is -0.271 e. The molecule has 0 radical (unpaired) electrons. The maximum Gasteiger partial charge on any atom is 0.0712 e. The van der Waals surface area contributed by atoms with Crippen molar-refractivity contribution in [2.45, 2.75) is 32.4 Å². The molecule has 0 fully saturated rings. The fourth-order valence-corrected chi connectivity index (χ4v) is 2.90. The topological polar surface area (TPSA) is 55.9 Å². The molecule has 0 spiro atoms. The van der Waals surface area contributed by atoms with Gasteiger partial charge in [-0.05, 0) is 46.5 Å². The zero-order valence-corrected chi connectivity index (χ0v) is 13.7. The van der Waals surface area contributed by atoms with Crippen LogP contribution in [0.25, 0.3) is 0 Å². The number of hydrazine groups is 1. The summed E-state index contributed by atoms with van der Waals surface area (Å²) in [5.74, 6) is 5.74. The highest BCUT2D eigenvalue weighted by Gasteiger charge is 2.19. The van der Waals surface area contributed by atoms with Crippen molar-refractivity contribution < 1.29 is 0 Å². The Morgan fingerprint density at radius 3 is 2.70 bits per heavy atom. The van der Waals surface area contributed by atoms with E-state index in [4.69, 9.17) is 17.4 Å². The first-order chi connectivity index (χ1) is 9.65. The average Bonchev–Trinajstić information content (AvgIpc) is 2.80. The molecule has 1 atom stereocenters. The highest BCUT2D eigenvalue weighted by molar-refractivity contribution is 9.10. The monoisotopic (exact) mass is 356 g/mol.